The van der Waals surface area contributed by atoms with Crippen LogP contribution in [0.4, 0.5) is 9.93 Å². The average Bonchev–Trinajstić information content (AvgIpc) is 3.19. The first-order chi connectivity index (χ1) is 10.7. The van der Waals surface area contributed by atoms with Crippen LogP contribution in [0.1, 0.15) is 10.4 Å². The van der Waals surface area contributed by atoms with Crippen molar-refractivity contribution in [2.45, 2.75) is 0 Å². The van der Waals surface area contributed by atoms with E-state index in [1.165, 1.54) is 6.26 Å². The number of hydrogen-bond donors (Lipinski definition) is 2. The highest BCUT2D eigenvalue weighted by Crippen LogP contribution is 2.26. The molecular formula is C14H10N4O3S. The van der Waals surface area contributed by atoms with E-state index in [1.807, 2.05) is 0 Å². The second-order valence-corrected chi connectivity index (χ2v) is 5.14. The molecule has 3 aromatic rings. The van der Waals surface area contributed by atoms with Gasteiger partial charge in [-0.15, -0.1) is 10.2 Å². The van der Waals surface area contributed by atoms with Gasteiger partial charge < -0.3 is 4.42 Å². The first-order valence-electron chi connectivity index (χ1n) is 6.27. The van der Waals surface area contributed by atoms with Crippen LogP contribution < -0.4 is 10.6 Å². The second kappa shape index (κ2) is 6.19. The molecule has 0 unspecified atom stereocenters. The Morgan fingerprint density at radius 2 is 1.86 bits per heavy atom. The van der Waals surface area contributed by atoms with Gasteiger partial charge in [-0.1, -0.05) is 29.5 Å². The topological polar surface area (TPSA) is 97.1 Å². The number of anilines is 1. The minimum Gasteiger partial charge on any atom is -0.462 e. The third kappa shape index (κ3) is 3.18. The Labute approximate surface area is 129 Å². The summed E-state index contributed by atoms with van der Waals surface area (Å²) in [6, 6.07) is 11.2. The minimum atomic E-state index is -0.670. The van der Waals surface area contributed by atoms with E-state index in [0.717, 1.165) is 11.3 Å². The zero-order chi connectivity index (χ0) is 15.4. The highest BCUT2D eigenvalue weighted by Gasteiger charge is 2.13. The van der Waals surface area contributed by atoms with Crippen LogP contribution in [0.15, 0.2) is 53.1 Å². The van der Waals surface area contributed by atoms with Crippen molar-refractivity contribution < 1.29 is 14.0 Å². The molecule has 0 spiro atoms. The normalized spacial score (nSPS) is 10.2. The molecule has 2 N–H and O–H groups in total. The van der Waals surface area contributed by atoms with E-state index < -0.39 is 11.9 Å². The number of furan rings is 1. The maximum atomic E-state index is 11.8. The number of urea groups is 1. The van der Waals surface area contributed by atoms with Crippen LogP contribution in [0, 0.1) is 0 Å². The number of carbonyl (C=O) groups excluding carboxylic acids is 2. The van der Waals surface area contributed by atoms with E-state index in [1.54, 1.807) is 42.5 Å². The maximum absolute atomic E-state index is 11.8. The van der Waals surface area contributed by atoms with Crippen LogP contribution >= 0.6 is 11.3 Å². The van der Waals surface area contributed by atoms with Crippen LogP contribution in [0.5, 0.6) is 0 Å². The largest absolute Gasteiger partial charge is 0.462 e. The molecule has 2 aromatic heterocycles. The number of benzene rings is 1. The van der Waals surface area contributed by atoms with Crippen molar-refractivity contribution in [1.29, 1.82) is 0 Å². The quantitative estimate of drug-likeness (QED) is 0.774. The van der Waals surface area contributed by atoms with E-state index in [2.05, 4.69) is 20.8 Å². The molecule has 0 radical (unpaired) electrons. The van der Waals surface area contributed by atoms with Gasteiger partial charge >= 0.3 is 6.03 Å². The van der Waals surface area contributed by atoms with Gasteiger partial charge in [0.2, 0.25) is 5.13 Å². The van der Waals surface area contributed by atoms with Gasteiger partial charge in [0, 0.05) is 5.56 Å². The van der Waals surface area contributed by atoms with Gasteiger partial charge in [-0.25, -0.2) is 4.79 Å². The summed E-state index contributed by atoms with van der Waals surface area (Å²) in [4.78, 5) is 23.6. The predicted molar refractivity (Wildman–Crippen MR) is 80.5 cm³/mol. The third-order valence-corrected chi connectivity index (χ3v) is 3.49. The van der Waals surface area contributed by atoms with Gasteiger partial charge in [-0.3, -0.25) is 15.4 Å². The van der Waals surface area contributed by atoms with Crippen molar-refractivity contribution in [3.05, 3.63) is 54.3 Å². The van der Waals surface area contributed by atoms with Crippen LogP contribution in [0.3, 0.4) is 0 Å². The summed E-state index contributed by atoms with van der Waals surface area (Å²) in [5.41, 5.74) is 0.395. The molecule has 0 aliphatic heterocycles. The van der Waals surface area contributed by atoms with Crippen LogP contribution in [0.25, 0.3) is 10.8 Å². The van der Waals surface area contributed by atoms with E-state index in [4.69, 9.17) is 4.42 Å². The molecule has 2 heterocycles. The van der Waals surface area contributed by atoms with Crippen LogP contribution in [-0.4, -0.2) is 22.1 Å². The first-order valence-corrected chi connectivity index (χ1v) is 7.09. The molecule has 7 nitrogen and oxygen atoms in total. The fourth-order valence-electron chi connectivity index (χ4n) is 1.67. The summed E-state index contributed by atoms with van der Waals surface area (Å²) in [6.07, 6.45) is 1.52. The summed E-state index contributed by atoms with van der Waals surface area (Å²) >= 11 is 1.14. The number of nitrogens with zero attached hydrogens (tertiary/aromatic N) is 2. The van der Waals surface area contributed by atoms with Crippen LogP contribution in [0.2, 0.25) is 0 Å². The molecule has 0 fully saturated rings. The van der Waals surface area contributed by atoms with Crippen LogP contribution in [-0.2, 0) is 0 Å². The Bertz CT molecular complexity index is 784. The summed E-state index contributed by atoms with van der Waals surface area (Å²) in [6.45, 7) is 0. The zero-order valence-corrected chi connectivity index (χ0v) is 12.0. The smallest absolute Gasteiger partial charge is 0.328 e. The van der Waals surface area contributed by atoms with E-state index in [0.29, 0.717) is 16.3 Å². The number of nitrogens with one attached hydrogen (secondary N) is 2. The highest BCUT2D eigenvalue weighted by atomic mass is 32.1. The molecule has 1 aromatic carbocycles. The Morgan fingerprint density at radius 1 is 1.05 bits per heavy atom. The van der Waals surface area contributed by atoms with Gasteiger partial charge in [0.1, 0.15) is 0 Å². The Morgan fingerprint density at radius 3 is 2.59 bits per heavy atom. The second-order valence-electron chi connectivity index (χ2n) is 4.16. The number of aromatic nitrogens is 2. The van der Waals surface area contributed by atoms with Gasteiger partial charge in [-0.2, -0.15) is 0 Å². The lowest BCUT2D eigenvalue weighted by atomic mass is 10.2. The van der Waals surface area contributed by atoms with Crippen molar-refractivity contribution in [2.24, 2.45) is 0 Å². The molecule has 110 valence electrons. The molecule has 8 heteroatoms. The number of carbonyl (C=O) groups is 2. The Kier molecular flexibility index (Phi) is 3.92. The standard InChI is InChI=1S/C14H10N4O3S/c19-11(9-5-2-1-3-6-9)15-13(20)16-14-18-17-12(22-14)10-7-4-8-21-10/h1-8H,(H2,15,16,18,19,20). The van der Waals surface area contributed by atoms with E-state index >= 15 is 0 Å². The summed E-state index contributed by atoms with van der Waals surface area (Å²) in [7, 11) is 0. The monoisotopic (exact) mass is 314 g/mol. The van der Waals surface area contributed by atoms with Crippen molar-refractivity contribution in [2.75, 3.05) is 5.32 Å². The van der Waals surface area contributed by atoms with E-state index in [-0.39, 0.29) is 5.13 Å². The summed E-state index contributed by atoms with van der Waals surface area (Å²) < 4.78 is 5.19. The molecule has 3 amide bonds. The molecule has 0 aliphatic rings. The number of amides is 3. The highest BCUT2D eigenvalue weighted by molar-refractivity contribution is 7.18. The van der Waals surface area contributed by atoms with Gasteiger partial charge in [0.05, 0.1) is 6.26 Å². The van der Waals surface area contributed by atoms with Crippen molar-refractivity contribution in [1.82, 2.24) is 15.5 Å². The van der Waals surface area contributed by atoms with Gasteiger partial charge in [0.25, 0.3) is 5.91 Å². The molecule has 3 rings (SSSR count). The van der Waals surface area contributed by atoms with Crippen molar-refractivity contribution >= 4 is 28.4 Å². The summed E-state index contributed by atoms with van der Waals surface area (Å²) in [5.74, 6) is 0.0696. The predicted octanol–water partition coefficient (Wildman–Crippen LogP) is 2.76. The lowest BCUT2D eigenvalue weighted by molar-refractivity contribution is 0.0967. The third-order valence-electron chi connectivity index (χ3n) is 2.64. The van der Waals surface area contributed by atoms with Crippen molar-refractivity contribution in [3.63, 3.8) is 0 Å². The number of rotatable bonds is 3. The maximum Gasteiger partial charge on any atom is 0.328 e. The molecule has 0 saturated heterocycles. The summed E-state index contributed by atoms with van der Waals surface area (Å²) in [5, 5.41) is 13.2. The van der Waals surface area contributed by atoms with E-state index in [9.17, 15) is 9.59 Å². The molecule has 0 bridgehead atoms. The van der Waals surface area contributed by atoms with Gasteiger partial charge in [-0.05, 0) is 24.3 Å². The lowest BCUT2D eigenvalue weighted by Crippen LogP contribution is -2.34. The minimum absolute atomic E-state index is 0.268. The fourth-order valence-corrected chi connectivity index (χ4v) is 2.37. The molecule has 0 atom stereocenters. The first kappa shape index (κ1) is 14.0. The van der Waals surface area contributed by atoms with Gasteiger partial charge in [0.15, 0.2) is 10.8 Å². The molecule has 0 aliphatic carbocycles. The fraction of sp³-hybridized carbons (Fsp3) is 0. The average molecular weight is 314 g/mol. The molecule has 0 saturated carbocycles. The molecular weight excluding hydrogens is 304 g/mol. The number of hydrogen-bond acceptors (Lipinski definition) is 6. The Balaban J connectivity index is 1.61. The zero-order valence-electron chi connectivity index (χ0n) is 11.1. The number of imide groups is 1. The van der Waals surface area contributed by atoms with Crippen molar-refractivity contribution in [3.8, 4) is 10.8 Å². The SMILES string of the molecule is O=C(NC(=O)c1ccccc1)Nc1nnc(-c2ccco2)s1. The Hall–Kier alpha value is -3.00. The molecule has 22 heavy (non-hydrogen) atoms. The lowest BCUT2D eigenvalue weighted by Gasteiger charge is -2.03.